The first-order valence-corrected chi connectivity index (χ1v) is 10.2. The number of aromatic hydroxyl groups is 1. The lowest BCUT2D eigenvalue weighted by molar-refractivity contribution is 0.0730. The lowest BCUT2D eigenvalue weighted by Crippen LogP contribution is -2.29. The number of halogens is 3. The van der Waals surface area contributed by atoms with Crippen LogP contribution in [0.15, 0.2) is 66.7 Å². The maximum atomic E-state index is 13.6. The summed E-state index contributed by atoms with van der Waals surface area (Å²) in [7, 11) is 0. The minimum Gasteiger partial charge on any atom is -0.507 e. The van der Waals surface area contributed by atoms with Crippen LogP contribution < -0.4 is 0 Å². The molecule has 5 rings (SSSR count). The third-order valence-corrected chi connectivity index (χ3v) is 5.76. The maximum Gasteiger partial charge on any atom is 0.273 e. The van der Waals surface area contributed by atoms with E-state index in [1.54, 1.807) is 41.3 Å². The summed E-state index contributed by atoms with van der Waals surface area (Å²) in [6.07, 6.45) is 0. The van der Waals surface area contributed by atoms with Crippen molar-refractivity contribution in [3.05, 3.63) is 106 Å². The van der Waals surface area contributed by atoms with E-state index in [0.29, 0.717) is 27.4 Å². The fourth-order valence-electron chi connectivity index (χ4n) is 4.04. The zero-order valence-electron chi connectivity index (χ0n) is 16.5. The number of amides is 1. The quantitative estimate of drug-likeness (QED) is 0.433. The Balaban J connectivity index is 1.66. The number of H-pyrrole nitrogens is 1. The number of nitrogens with one attached hydrogen (secondary N) is 1. The van der Waals surface area contributed by atoms with E-state index in [2.05, 4.69) is 10.2 Å². The number of carbonyl (C=O) groups is 1. The topological polar surface area (TPSA) is 69.2 Å². The van der Waals surface area contributed by atoms with Gasteiger partial charge in [0.15, 0.2) is 0 Å². The average molecular weight is 452 g/mol. The molecule has 5 nitrogen and oxygen atoms in total. The molecule has 0 spiro atoms. The predicted molar refractivity (Wildman–Crippen MR) is 115 cm³/mol. The van der Waals surface area contributed by atoms with Gasteiger partial charge < -0.3 is 10.0 Å². The molecular weight excluding hydrogens is 436 g/mol. The van der Waals surface area contributed by atoms with Crippen LogP contribution in [0.1, 0.15) is 33.2 Å². The van der Waals surface area contributed by atoms with Crippen LogP contribution in [0, 0.1) is 11.6 Å². The molecular formula is C24H16ClF2N3O2. The molecule has 0 bridgehead atoms. The summed E-state index contributed by atoms with van der Waals surface area (Å²) in [4.78, 5) is 14.9. The van der Waals surface area contributed by atoms with Crippen molar-refractivity contribution in [3.63, 3.8) is 0 Å². The van der Waals surface area contributed by atoms with Crippen molar-refractivity contribution < 1.29 is 18.7 Å². The van der Waals surface area contributed by atoms with Crippen LogP contribution in [0.25, 0.3) is 11.3 Å². The number of nitrogens with zero attached hydrogens (tertiary/aromatic N) is 2. The van der Waals surface area contributed by atoms with E-state index in [9.17, 15) is 18.7 Å². The van der Waals surface area contributed by atoms with Gasteiger partial charge >= 0.3 is 0 Å². The number of carbonyl (C=O) groups excluding carboxylic acids is 1. The molecule has 1 atom stereocenters. The molecule has 160 valence electrons. The summed E-state index contributed by atoms with van der Waals surface area (Å²) in [6, 6.07) is 15.7. The summed E-state index contributed by atoms with van der Waals surface area (Å²) >= 11 is 6.13. The van der Waals surface area contributed by atoms with Crippen LogP contribution in [0.3, 0.4) is 0 Å². The highest BCUT2D eigenvalue weighted by Crippen LogP contribution is 2.45. The molecule has 3 aromatic carbocycles. The zero-order chi connectivity index (χ0) is 22.4. The van der Waals surface area contributed by atoms with Crippen LogP contribution in [0.2, 0.25) is 5.02 Å². The number of benzene rings is 3. The van der Waals surface area contributed by atoms with Crippen molar-refractivity contribution in [1.29, 1.82) is 0 Å². The Labute approximate surface area is 186 Å². The lowest BCUT2D eigenvalue weighted by Gasteiger charge is -2.26. The Kier molecular flexibility index (Phi) is 4.90. The first-order valence-electron chi connectivity index (χ1n) is 9.80. The minimum atomic E-state index is -0.602. The highest BCUT2D eigenvalue weighted by atomic mass is 35.5. The second kappa shape index (κ2) is 7.76. The van der Waals surface area contributed by atoms with Gasteiger partial charge in [-0.25, -0.2) is 8.78 Å². The molecule has 0 aliphatic carbocycles. The van der Waals surface area contributed by atoms with E-state index < -0.39 is 11.9 Å². The molecule has 1 amide bonds. The Morgan fingerprint density at radius 1 is 1.00 bits per heavy atom. The zero-order valence-corrected chi connectivity index (χ0v) is 17.3. The van der Waals surface area contributed by atoms with Gasteiger partial charge in [-0.1, -0.05) is 35.9 Å². The third kappa shape index (κ3) is 3.40. The van der Waals surface area contributed by atoms with Gasteiger partial charge in [0.2, 0.25) is 0 Å². The molecule has 1 unspecified atom stereocenters. The van der Waals surface area contributed by atoms with E-state index in [1.807, 2.05) is 0 Å². The number of aromatic amines is 1. The summed E-state index contributed by atoms with van der Waals surface area (Å²) in [5, 5.41) is 17.9. The van der Waals surface area contributed by atoms with Crippen molar-refractivity contribution in [2.24, 2.45) is 0 Å². The predicted octanol–water partition coefficient (Wildman–Crippen LogP) is 5.46. The average Bonchev–Trinajstić information content (AvgIpc) is 3.32. The Bertz CT molecular complexity index is 1320. The monoisotopic (exact) mass is 451 g/mol. The maximum absolute atomic E-state index is 13.6. The van der Waals surface area contributed by atoms with Crippen LogP contribution >= 0.6 is 11.6 Å². The van der Waals surface area contributed by atoms with Gasteiger partial charge in [0.25, 0.3) is 5.91 Å². The second-order valence-corrected chi connectivity index (χ2v) is 7.97. The molecule has 1 aromatic heterocycles. The van der Waals surface area contributed by atoms with Gasteiger partial charge in [0.1, 0.15) is 28.8 Å². The normalized spacial score (nSPS) is 15.3. The van der Waals surface area contributed by atoms with Gasteiger partial charge in [-0.2, -0.15) is 5.10 Å². The largest absolute Gasteiger partial charge is 0.507 e. The molecule has 2 heterocycles. The van der Waals surface area contributed by atoms with E-state index in [0.717, 1.165) is 5.56 Å². The molecule has 4 aromatic rings. The number of hydrogen-bond donors (Lipinski definition) is 2. The standard InChI is InChI=1S/C24H16ClF2N3O2/c25-15-5-10-19(31)18(11-15)21-20-22(29-28-21)24(32)30(12-13-1-6-16(26)7-2-13)23(20)14-3-8-17(27)9-4-14/h1-11,23,31H,12H2,(H,28,29). The summed E-state index contributed by atoms with van der Waals surface area (Å²) in [5.74, 6) is -1.11. The SMILES string of the molecule is O=C1c2[nH]nc(-c3cc(Cl)ccc3O)c2C(c2ccc(F)cc2)N1Cc1ccc(F)cc1. The van der Waals surface area contributed by atoms with Gasteiger partial charge in [-0.15, -0.1) is 0 Å². The first-order chi connectivity index (χ1) is 15.4. The van der Waals surface area contributed by atoms with E-state index in [4.69, 9.17) is 11.6 Å². The van der Waals surface area contributed by atoms with E-state index >= 15 is 0 Å². The van der Waals surface area contributed by atoms with Crippen molar-refractivity contribution in [3.8, 4) is 17.0 Å². The number of hydrogen-bond acceptors (Lipinski definition) is 3. The Morgan fingerprint density at radius 3 is 2.34 bits per heavy atom. The number of fused-ring (bicyclic) bond motifs is 1. The van der Waals surface area contributed by atoms with Crippen LogP contribution in [-0.2, 0) is 6.54 Å². The molecule has 0 radical (unpaired) electrons. The Hall–Kier alpha value is -3.71. The molecule has 0 fully saturated rings. The number of phenols is 1. The number of rotatable bonds is 4. The van der Waals surface area contributed by atoms with Crippen LogP contribution in [-0.4, -0.2) is 26.1 Å². The van der Waals surface area contributed by atoms with Crippen LogP contribution in [0.4, 0.5) is 8.78 Å². The summed E-state index contributed by atoms with van der Waals surface area (Å²) in [5.41, 5.74) is 2.99. The van der Waals surface area contributed by atoms with Crippen LogP contribution in [0.5, 0.6) is 5.75 Å². The smallest absolute Gasteiger partial charge is 0.273 e. The van der Waals surface area contributed by atoms with Gasteiger partial charge in [-0.05, 0) is 53.6 Å². The second-order valence-electron chi connectivity index (χ2n) is 7.54. The fraction of sp³-hybridized carbons (Fsp3) is 0.0833. The number of aromatic nitrogens is 2. The van der Waals surface area contributed by atoms with E-state index in [1.165, 1.54) is 30.3 Å². The fourth-order valence-corrected chi connectivity index (χ4v) is 4.21. The van der Waals surface area contributed by atoms with Gasteiger partial charge in [0.05, 0.1) is 6.04 Å². The molecule has 32 heavy (non-hydrogen) atoms. The van der Waals surface area contributed by atoms with Crippen molar-refractivity contribution in [2.45, 2.75) is 12.6 Å². The van der Waals surface area contributed by atoms with Crippen molar-refractivity contribution >= 4 is 17.5 Å². The van der Waals surface area contributed by atoms with Gasteiger partial charge in [0, 0.05) is 22.7 Å². The minimum absolute atomic E-state index is 0.0361. The molecule has 1 aliphatic heterocycles. The Morgan fingerprint density at radius 2 is 1.66 bits per heavy atom. The highest BCUT2D eigenvalue weighted by molar-refractivity contribution is 6.31. The molecule has 0 saturated heterocycles. The van der Waals surface area contributed by atoms with Crippen molar-refractivity contribution in [1.82, 2.24) is 15.1 Å². The summed E-state index contributed by atoms with van der Waals surface area (Å²) in [6.45, 7) is 0.199. The first kappa shape index (κ1) is 20.2. The van der Waals surface area contributed by atoms with Crippen molar-refractivity contribution in [2.75, 3.05) is 0 Å². The third-order valence-electron chi connectivity index (χ3n) is 5.53. The lowest BCUT2D eigenvalue weighted by atomic mass is 9.95. The number of phenolic OH excluding ortho intramolecular Hbond substituents is 1. The molecule has 0 saturated carbocycles. The van der Waals surface area contributed by atoms with Gasteiger partial charge in [-0.3, -0.25) is 9.89 Å². The molecule has 8 heteroatoms. The molecule has 2 N–H and O–H groups in total. The summed E-state index contributed by atoms with van der Waals surface area (Å²) < 4.78 is 27.0. The highest BCUT2D eigenvalue weighted by Gasteiger charge is 2.42. The van der Waals surface area contributed by atoms with E-state index in [-0.39, 0.29) is 29.7 Å². The molecule has 1 aliphatic rings.